The Morgan fingerprint density at radius 2 is 2.04 bits per heavy atom. The number of hydrogen-bond donors (Lipinski definition) is 0. The summed E-state index contributed by atoms with van der Waals surface area (Å²) in [6.07, 6.45) is 0.316. The van der Waals surface area contributed by atoms with Crippen molar-refractivity contribution < 1.29 is 18.7 Å². The highest BCUT2D eigenvalue weighted by molar-refractivity contribution is 9.10. The van der Waals surface area contributed by atoms with Gasteiger partial charge in [-0.15, -0.1) is 0 Å². The highest BCUT2D eigenvalue weighted by atomic mass is 79.9. The van der Waals surface area contributed by atoms with Crippen molar-refractivity contribution in [1.82, 2.24) is 4.57 Å². The number of ketones is 1. The van der Waals surface area contributed by atoms with Crippen LogP contribution in [0, 0.1) is 5.82 Å². The zero-order valence-corrected chi connectivity index (χ0v) is 17.3. The van der Waals surface area contributed by atoms with Crippen molar-refractivity contribution in [2.24, 2.45) is 0 Å². The maximum atomic E-state index is 14.1. The SMILES string of the molecule is COC(=O)CC1CC(=O)c2c1n(Cc1ccc(Cl)cc1)c1c(Br)cc(F)cc21. The zero-order valence-electron chi connectivity index (χ0n) is 15.0. The van der Waals surface area contributed by atoms with E-state index < -0.39 is 5.82 Å². The van der Waals surface area contributed by atoms with Gasteiger partial charge in [0.15, 0.2) is 5.78 Å². The summed E-state index contributed by atoms with van der Waals surface area (Å²) in [5, 5.41) is 1.20. The summed E-state index contributed by atoms with van der Waals surface area (Å²) < 4.78 is 21.5. The molecule has 4 rings (SSSR count). The molecule has 1 aliphatic carbocycles. The van der Waals surface area contributed by atoms with Gasteiger partial charge in [0, 0.05) is 45.0 Å². The van der Waals surface area contributed by atoms with Crippen LogP contribution in [0.15, 0.2) is 40.9 Å². The topological polar surface area (TPSA) is 48.3 Å². The average Bonchev–Trinajstić information content (AvgIpc) is 3.13. The van der Waals surface area contributed by atoms with Gasteiger partial charge in [-0.05, 0) is 45.8 Å². The molecule has 1 heterocycles. The first-order valence-corrected chi connectivity index (χ1v) is 9.91. The molecule has 0 fully saturated rings. The summed E-state index contributed by atoms with van der Waals surface area (Å²) in [7, 11) is 1.33. The van der Waals surface area contributed by atoms with Crippen molar-refractivity contribution in [1.29, 1.82) is 0 Å². The standard InChI is InChI=1S/C21H16BrClFNO3/c1-28-18(27)7-12-6-17(26)19-15-8-14(24)9-16(22)21(15)25(20(12)19)10-11-2-4-13(23)5-3-11/h2-5,8-9,12H,6-7,10H2,1H3. The molecule has 1 aliphatic rings. The number of methoxy groups -OCH3 is 1. The monoisotopic (exact) mass is 463 g/mol. The first-order chi connectivity index (χ1) is 13.4. The van der Waals surface area contributed by atoms with Gasteiger partial charge >= 0.3 is 5.97 Å². The molecule has 1 unspecified atom stereocenters. The van der Waals surface area contributed by atoms with Crippen LogP contribution in [0.4, 0.5) is 4.39 Å². The smallest absolute Gasteiger partial charge is 0.306 e. The number of Topliss-reactive ketones (excluding diaryl/α,β-unsaturated/α-hetero) is 1. The number of nitrogens with zero attached hydrogens (tertiary/aromatic N) is 1. The number of esters is 1. The summed E-state index contributed by atoms with van der Waals surface area (Å²) in [6.45, 7) is 0.470. The van der Waals surface area contributed by atoms with Gasteiger partial charge < -0.3 is 9.30 Å². The van der Waals surface area contributed by atoms with Crippen molar-refractivity contribution in [3.05, 3.63) is 68.5 Å². The Morgan fingerprint density at radius 1 is 1.32 bits per heavy atom. The number of benzene rings is 2. The minimum absolute atomic E-state index is 0.0822. The molecule has 28 heavy (non-hydrogen) atoms. The Hall–Kier alpha value is -2.18. The van der Waals surface area contributed by atoms with Crippen molar-refractivity contribution in [2.75, 3.05) is 7.11 Å². The van der Waals surface area contributed by atoms with Crippen molar-refractivity contribution in [3.8, 4) is 0 Å². The second-order valence-electron chi connectivity index (χ2n) is 6.86. The third-order valence-electron chi connectivity index (χ3n) is 5.11. The van der Waals surface area contributed by atoms with E-state index in [0.717, 1.165) is 16.8 Å². The molecule has 7 heteroatoms. The second kappa shape index (κ2) is 7.33. The quantitative estimate of drug-likeness (QED) is 0.481. The third kappa shape index (κ3) is 3.25. The highest BCUT2D eigenvalue weighted by Crippen LogP contribution is 2.44. The van der Waals surface area contributed by atoms with E-state index in [0.29, 0.717) is 27.0 Å². The Morgan fingerprint density at radius 3 is 2.71 bits per heavy atom. The molecule has 0 saturated carbocycles. The number of carbonyl (C=O) groups excluding carboxylic acids is 2. The maximum absolute atomic E-state index is 14.1. The van der Waals surface area contributed by atoms with Crippen LogP contribution in [0.25, 0.3) is 10.9 Å². The van der Waals surface area contributed by atoms with E-state index in [4.69, 9.17) is 16.3 Å². The molecule has 0 bridgehead atoms. The number of hydrogen-bond acceptors (Lipinski definition) is 3. The predicted molar refractivity (Wildman–Crippen MR) is 108 cm³/mol. The lowest BCUT2D eigenvalue weighted by molar-refractivity contribution is -0.141. The molecule has 0 amide bonds. The summed E-state index contributed by atoms with van der Waals surface area (Å²) in [6, 6.07) is 10.2. The van der Waals surface area contributed by atoms with E-state index in [1.54, 1.807) is 12.1 Å². The maximum Gasteiger partial charge on any atom is 0.306 e. The van der Waals surface area contributed by atoms with Crippen LogP contribution in [-0.2, 0) is 16.1 Å². The van der Waals surface area contributed by atoms with Gasteiger partial charge in [0.2, 0.25) is 0 Å². The van der Waals surface area contributed by atoms with Crippen LogP contribution >= 0.6 is 27.5 Å². The Balaban J connectivity index is 1.94. The Kier molecular flexibility index (Phi) is 5.02. The molecular weight excluding hydrogens is 449 g/mol. The van der Waals surface area contributed by atoms with Crippen LogP contribution in [0.1, 0.15) is 40.4 Å². The van der Waals surface area contributed by atoms with Crippen molar-refractivity contribution in [2.45, 2.75) is 25.3 Å². The van der Waals surface area contributed by atoms with Crippen LogP contribution in [0.5, 0.6) is 0 Å². The molecular formula is C21H16BrClFNO3. The van der Waals surface area contributed by atoms with Gasteiger partial charge in [0.05, 0.1) is 19.0 Å². The molecule has 0 saturated heterocycles. The fourth-order valence-electron chi connectivity index (χ4n) is 3.95. The number of rotatable bonds is 4. The Labute approximate surface area is 174 Å². The van der Waals surface area contributed by atoms with E-state index in [9.17, 15) is 14.0 Å². The molecule has 0 N–H and O–H groups in total. The van der Waals surface area contributed by atoms with Gasteiger partial charge in [-0.1, -0.05) is 23.7 Å². The van der Waals surface area contributed by atoms with Crippen LogP contribution in [0.3, 0.4) is 0 Å². The van der Waals surface area contributed by atoms with E-state index in [2.05, 4.69) is 15.9 Å². The second-order valence-corrected chi connectivity index (χ2v) is 8.15. The lowest BCUT2D eigenvalue weighted by atomic mass is 10.0. The Bertz CT molecular complexity index is 1110. The molecule has 0 spiro atoms. The molecule has 3 aromatic rings. The first kappa shape index (κ1) is 19.2. The summed E-state index contributed by atoms with van der Waals surface area (Å²) >= 11 is 9.43. The van der Waals surface area contributed by atoms with Crippen molar-refractivity contribution in [3.63, 3.8) is 0 Å². The summed E-state index contributed by atoms with van der Waals surface area (Å²) in [5.41, 5.74) is 2.98. The number of halogens is 3. The van der Waals surface area contributed by atoms with Crippen LogP contribution in [-0.4, -0.2) is 23.4 Å². The largest absolute Gasteiger partial charge is 0.469 e. The molecule has 0 radical (unpaired) electrons. The molecule has 4 nitrogen and oxygen atoms in total. The summed E-state index contributed by atoms with van der Waals surface area (Å²) in [4.78, 5) is 24.7. The minimum atomic E-state index is -0.421. The van der Waals surface area contributed by atoms with Gasteiger partial charge in [0.25, 0.3) is 0 Å². The normalized spacial score (nSPS) is 15.9. The van der Waals surface area contributed by atoms with Crippen LogP contribution < -0.4 is 0 Å². The highest BCUT2D eigenvalue weighted by Gasteiger charge is 2.37. The van der Waals surface area contributed by atoms with Crippen LogP contribution in [0.2, 0.25) is 5.02 Å². The third-order valence-corrected chi connectivity index (χ3v) is 5.96. The zero-order chi connectivity index (χ0) is 20.0. The number of ether oxygens (including phenoxy) is 1. The molecule has 2 aromatic carbocycles. The number of fused-ring (bicyclic) bond motifs is 3. The van der Waals surface area contributed by atoms with Gasteiger partial charge in [-0.2, -0.15) is 0 Å². The predicted octanol–water partition coefficient (Wildman–Crippen LogP) is 5.48. The lowest BCUT2D eigenvalue weighted by Crippen LogP contribution is -2.12. The summed E-state index contributed by atoms with van der Waals surface area (Å²) in [5.74, 6) is -1.18. The average molecular weight is 465 g/mol. The molecule has 144 valence electrons. The fraction of sp³-hybridized carbons (Fsp3) is 0.238. The fourth-order valence-corrected chi connectivity index (χ4v) is 4.73. The number of carbonyl (C=O) groups is 2. The van der Waals surface area contributed by atoms with E-state index in [1.807, 2.05) is 16.7 Å². The van der Waals surface area contributed by atoms with E-state index in [1.165, 1.54) is 19.2 Å². The van der Waals surface area contributed by atoms with Gasteiger partial charge in [-0.25, -0.2) is 4.39 Å². The number of aromatic nitrogens is 1. The van der Waals surface area contributed by atoms with E-state index in [-0.39, 0.29) is 30.5 Å². The molecule has 0 aliphatic heterocycles. The van der Waals surface area contributed by atoms with Crippen molar-refractivity contribution >= 4 is 50.2 Å². The lowest BCUT2D eigenvalue weighted by Gasteiger charge is -2.16. The van der Waals surface area contributed by atoms with E-state index >= 15 is 0 Å². The van der Waals surface area contributed by atoms with Gasteiger partial charge in [0.1, 0.15) is 5.82 Å². The first-order valence-electron chi connectivity index (χ1n) is 8.74. The minimum Gasteiger partial charge on any atom is -0.469 e. The molecule has 1 aromatic heterocycles. The van der Waals surface area contributed by atoms with Gasteiger partial charge in [-0.3, -0.25) is 9.59 Å². The molecule has 1 atom stereocenters.